The second-order valence-corrected chi connectivity index (χ2v) is 10.4. The summed E-state index contributed by atoms with van der Waals surface area (Å²) in [7, 11) is 0. The summed E-state index contributed by atoms with van der Waals surface area (Å²) < 4.78 is 2.30. The first-order chi connectivity index (χ1) is 21.3. The fraction of sp³-hybridized carbons (Fsp3) is 0. The normalized spacial score (nSPS) is 11.2. The Labute approximate surface area is 247 Å². The number of fused-ring (bicyclic) bond motifs is 8. The molecular weight excluding hydrogens is 526 g/mol. The molecule has 0 N–H and O–H groups in total. The van der Waals surface area contributed by atoms with Gasteiger partial charge in [0.2, 0.25) is 0 Å². The molecule has 0 unspecified atom stereocenters. The maximum atomic E-state index is 10.2. The molecule has 0 radical (unpaired) electrons. The minimum atomic E-state index is 0.580. The average Bonchev–Trinajstić information content (AvgIpc) is 3.43. The van der Waals surface area contributed by atoms with Gasteiger partial charge in [0.25, 0.3) is 0 Å². The fourth-order valence-corrected chi connectivity index (χ4v) is 6.36. The molecule has 0 saturated carbocycles. The molecule has 0 aliphatic carbocycles. The first-order valence-corrected chi connectivity index (χ1v) is 14.0. The van der Waals surface area contributed by atoms with Crippen LogP contribution in [0.2, 0.25) is 0 Å². The summed E-state index contributed by atoms with van der Waals surface area (Å²) >= 11 is 0. The molecule has 3 aromatic heterocycles. The Morgan fingerprint density at radius 1 is 0.535 bits per heavy atom. The van der Waals surface area contributed by atoms with E-state index in [0.717, 1.165) is 71.6 Å². The predicted molar refractivity (Wildman–Crippen MR) is 172 cm³/mol. The third-order valence-corrected chi connectivity index (χ3v) is 8.17. The third-order valence-electron chi connectivity index (χ3n) is 8.17. The number of pyridine rings is 2. The predicted octanol–water partition coefficient (Wildman–Crippen LogP) is 8.96. The van der Waals surface area contributed by atoms with Crippen LogP contribution in [0, 0.1) is 22.7 Å². The van der Waals surface area contributed by atoms with Gasteiger partial charge in [-0.15, -0.1) is 0 Å². The lowest BCUT2D eigenvalue weighted by molar-refractivity contribution is 1.19. The van der Waals surface area contributed by atoms with E-state index in [1.807, 2.05) is 73.1 Å². The highest BCUT2D eigenvalue weighted by molar-refractivity contribution is 6.30. The van der Waals surface area contributed by atoms with Gasteiger partial charge in [-0.3, -0.25) is 9.97 Å². The van der Waals surface area contributed by atoms with Gasteiger partial charge in [-0.05, 0) is 59.7 Å². The molecule has 198 valence electrons. The van der Waals surface area contributed by atoms with E-state index >= 15 is 0 Å². The smallest absolute Gasteiger partial charge is 0.0998 e. The monoisotopic (exact) mass is 547 g/mol. The maximum absolute atomic E-state index is 10.2. The van der Waals surface area contributed by atoms with Crippen LogP contribution in [0.1, 0.15) is 11.1 Å². The molecule has 0 saturated heterocycles. The molecule has 0 aliphatic heterocycles. The summed E-state index contributed by atoms with van der Waals surface area (Å²) in [6.45, 7) is 0. The summed E-state index contributed by atoms with van der Waals surface area (Å²) in [4.78, 5) is 9.56. The molecule has 8 rings (SSSR count). The van der Waals surface area contributed by atoms with E-state index in [0.29, 0.717) is 11.1 Å². The van der Waals surface area contributed by atoms with Gasteiger partial charge in [-0.2, -0.15) is 10.5 Å². The summed E-state index contributed by atoms with van der Waals surface area (Å²) in [6.07, 6.45) is 3.63. The van der Waals surface area contributed by atoms with Crippen molar-refractivity contribution in [2.75, 3.05) is 0 Å². The lowest BCUT2D eigenvalue weighted by Gasteiger charge is -2.18. The van der Waals surface area contributed by atoms with E-state index in [9.17, 15) is 10.5 Å². The van der Waals surface area contributed by atoms with Crippen LogP contribution in [-0.4, -0.2) is 14.5 Å². The molecule has 0 aliphatic rings. The van der Waals surface area contributed by atoms with Crippen LogP contribution >= 0.6 is 0 Å². The van der Waals surface area contributed by atoms with Crippen molar-refractivity contribution in [3.63, 3.8) is 0 Å². The van der Waals surface area contributed by atoms with Crippen molar-refractivity contribution in [2.24, 2.45) is 0 Å². The average molecular weight is 548 g/mol. The highest BCUT2D eigenvalue weighted by Crippen LogP contribution is 2.44. The van der Waals surface area contributed by atoms with Gasteiger partial charge >= 0.3 is 0 Å². The van der Waals surface area contributed by atoms with E-state index in [4.69, 9.17) is 9.97 Å². The number of hydrogen-bond acceptors (Lipinski definition) is 4. The Bertz CT molecular complexity index is 2490. The van der Waals surface area contributed by atoms with Crippen molar-refractivity contribution in [2.45, 2.75) is 0 Å². The van der Waals surface area contributed by atoms with Crippen LogP contribution in [0.15, 0.2) is 128 Å². The first kappa shape index (κ1) is 24.5. The van der Waals surface area contributed by atoms with Crippen molar-refractivity contribution in [1.29, 1.82) is 10.5 Å². The van der Waals surface area contributed by atoms with Gasteiger partial charge in [-0.1, -0.05) is 66.7 Å². The summed E-state index contributed by atoms with van der Waals surface area (Å²) in [5, 5.41) is 24.3. The van der Waals surface area contributed by atoms with Gasteiger partial charge in [0.15, 0.2) is 0 Å². The number of benzene rings is 5. The molecule has 43 heavy (non-hydrogen) atoms. The maximum Gasteiger partial charge on any atom is 0.0998 e. The van der Waals surface area contributed by atoms with E-state index in [-0.39, 0.29) is 0 Å². The number of para-hydroxylation sites is 1. The van der Waals surface area contributed by atoms with Crippen LogP contribution in [0.25, 0.3) is 71.6 Å². The van der Waals surface area contributed by atoms with Crippen LogP contribution < -0.4 is 0 Å². The number of aromatic nitrogens is 3. The molecule has 8 aromatic rings. The Morgan fingerprint density at radius 2 is 1.14 bits per heavy atom. The zero-order valence-corrected chi connectivity index (χ0v) is 22.9. The largest absolute Gasteiger partial charge is 0.308 e. The molecule has 3 heterocycles. The van der Waals surface area contributed by atoms with Crippen molar-refractivity contribution in [3.05, 3.63) is 139 Å². The number of nitriles is 2. The highest BCUT2D eigenvalue weighted by atomic mass is 15.0. The zero-order chi connectivity index (χ0) is 28.9. The van der Waals surface area contributed by atoms with Gasteiger partial charge < -0.3 is 4.57 Å². The van der Waals surface area contributed by atoms with Crippen LogP contribution in [0.4, 0.5) is 0 Å². The Balaban J connectivity index is 1.58. The summed E-state index contributed by atoms with van der Waals surface area (Å²) in [5.74, 6) is 0. The van der Waals surface area contributed by atoms with E-state index < -0.39 is 0 Å². The molecule has 5 nitrogen and oxygen atoms in total. The molecule has 0 atom stereocenters. The molecule has 0 spiro atoms. The summed E-state index contributed by atoms with van der Waals surface area (Å²) in [6, 6.07) is 42.9. The Morgan fingerprint density at radius 3 is 1.91 bits per heavy atom. The fourth-order valence-electron chi connectivity index (χ4n) is 6.36. The Hall–Kier alpha value is -6.30. The van der Waals surface area contributed by atoms with Crippen molar-refractivity contribution in [3.8, 4) is 40.1 Å². The highest BCUT2D eigenvalue weighted by Gasteiger charge is 2.22. The van der Waals surface area contributed by atoms with Crippen LogP contribution in [-0.2, 0) is 0 Å². The minimum Gasteiger partial charge on any atom is -0.308 e. The van der Waals surface area contributed by atoms with Crippen LogP contribution in [0.3, 0.4) is 0 Å². The second-order valence-electron chi connectivity index (χ2n) is 10.4. The lowest BCUT2D eigenvalue weighted by atomic mass is 9.93. The van der Waals surface area contributed by atoms with E-state index in [1.165, 1.54) is 0 Å². The number of rotatable bonds is 3. The quantitative estimate of drug-likeness (QED) is 0.207. The van der Waals surface area contributed by atoms with Crippen molar-refractivity contribution in [1.82, 2.24) is 14.5 Å². The van der Waals surface area contributed by atoms with Gasteiger partial charge in [0.05, 0.1) is 51.0 Å². The topological polar surface area (TPSA) is 78.3 Å². The van der Waals surface area contributed by atoms with Crippen molar-refractivity contribution < 1.29 is 0 Å². The van der Waals surface area contributed by atoms with Gasteiger partial charge in [0.1, 0.15) is 0 Å². The molecule has 5 heteroatoms. The van der Waals surface area contributed by atoms with E-state index in [2.05, 4.69) is 71.3 Å². The van der Waals surface area contributed by atoms with Crippen LogP contribution in [0.5, 0.6) is 0 Å². The SMILES string of the molecule is N#Cc1ccccc1-c1ccc(-n2c3ccccc3c3c4cccnc4c4ncccc4c32)c(-c2ccccc2C#N)c1. The molecule has 0 amide bonds. The zero-order valence-electron chi connectivity index (χ0n) is 22.9. The van der Waals surface area contributed by atoms with E-state index in [1.54, 1.807) is 0 Å². The lowest BCUT2D eigenvalue weighted by Crippen LogP contribution is -2.00. The standard InChI is InChI=1S/C38H21N5/c39-22-25-9-1-3-11-27(25)24-17-18-34(32(21-24)28-12-4-2-10-26(28)23-40)43-33-16-6-5-13-29(33)35-30-14-7-19-41-36(30)37-31(38(35)43)15-8-20-42-37/h1-21H. The minimum absolute atomic E-state index is 0.580. The first-order valence-electron chi connectivity index (χ1n) is 14.0. The molecular formula is C38H21N5. The molecule has 0 fully saturated rings. The molecule has 0 bridgehead atoms. The summed E-state index contributed by atoms with van der Waals surface area (Å²) in [5.41, 5.74) is 9.37. The van der Waals surface area contributed by atoms with Gasteiger partial charge in [0, 0.05) is 45.1 Å². The number of hydrogen-bond donors (Lipinski definition) is 0. The van der Waals surface area contributed by atoms with Gasteiger partial charge in [-0.25, -0.2) is 0 Å². The molecule has 5 aromatic carbocycles. The third kappa shape index (κ3) is 3.63. The Kier molecular flexibility index (Phi) is 5.50. The number of nitrogens with zero attached hydrogens (tertiary/aromatic N) is 5. The second kappa shape index (κ2) is 9.66. The van der Waals surface area contributed by atoms with Crippen molar-refractivity contribution >= 4 is 43.6 Å².